The van der Waals surface area contributed by atoms with Crippen LogP contribution in [0.1, 0.15) is 27.3 Å². The average molecular weight is 273 g/mol. The van der Waals surface area contributed by atoms with Crippen LogP contribution < -0.4 is 0 Å². The minimum Gasteiger partial charge on any atom is -0.463 e. The molecule has 0 aliphatic carbocycles. The SMILES string of the molecule is COC(=O)c1ccc(C(O)c2sccc2Cl)o1. The molecule has 90 valence electrons. The van der Waals surface area contributed by atoms with Gasteiger partial charge in [-0.2, -0.15) is 0 Å². The molecule has 0 aliphatic heterocycles. The fourth-order valence-corrected chi connectivity index (χ4v) is 2.49. The number of aliphatic hydroxyl groups excluding tert-OH is 1. The summed E-state index contributed by atoms with van der Waals surface area (Å²) in [6.45, 7) is 0. The van der Waals surface area contributed by atoms with Gasteiger partial charge in [-0.1, -0.05) is 11.6 Å². The van der Waals surface area contributed by atoms with E-state index < -0.39 is 12.1 Å². The number of methoxy groups -OCH3 is 1. The van der Waals surface area contributed by atoms with E-state index in [4.69, 9.17) is 16.0 Å². The molecule has 0 aliphatic rings. The van der Waals surface area contributed by atoms with Crippen LogP contribution in [0.25, 0.3) is 0 Å². The molecular formula is C11H9ClO4S. The summed E-state index contributed by atoms with van der Waals surface area (Å²) in [6.07, 6.45) is -0.971. The second-order valence-corrected chi connectivity index (χ2v) is 4.58. The van der Waals surface area contributed by atoms with Gasteiger partial charge in [-0.15, -0.1) is 11.3 Å². The van der Waals surface area contributed by atoms with Gasteiger partial charge in [0, 0.05) is 0 Å². The first-order valence-electron chi connectivity index (χ1n) is 4.72. The van der Waals surface area contributed by atoms with E-state index in [1.54, 1.807) is 11.4 Å². The van der Waals surface area contributed by atoms with Gasteiger partial charge in [0.15, 0.2) is 0 Å². The molecule has 2 rings (SSSR count). The maximum Gasteiger partial charge on any atom is 0.373 e. The Balaban J connectivity index is 2.26. The number of ether oxygens (including phenoxy) is 1. The van der Waals surface area contributed by atoms with E-state index in [0.717, 1.165) is 0 Å². The van der Waals surface area contributed by atoms with Crippen LogP contribution in [0.5, 0.6) is 0 Å². The zero-order valence-corrected chi connectivity index (χ0v) is 10.4. The summed E-state index contributed by atoms with van der Waals surface area (Å²) in [6, 6.07) is 4.66. The molecule has 0 fully saturated rings. The van der Waals surface area contributed by atoms with Crippen LogP contribution in [-0.2, 0) is 4.74 Å². The van der Waals surface area contributed by atoms with Gasteiger partial charge < -0.3 is 14.3 Å². The molecule has 17 heavy (non-hydrogen) atoms. The first kappa shape index (κ1) is 12.2. The Morgan fingerprint density at radius 3 is 2.88 bits per heavy atom. The maximum atomic E-state index is 11.2. The van der Waals surface area contributed by atoms with E-state index in [-0.39, 0.29) is 11.5 Å². The lowest BCUT2D eigenvalue weighted by atomic mass is 10.2. The number of halogens is 1. The Kier molecular flexibility index (Phi) is 3.51. The molecule has 2 aromatic rings. The van der Waals surface area contributed by atoms with Crippen molar-refractivity contribution < 1.29 is 19.1 Å². The second kappa shape index (κ2) is 4.91. The van der Waals surface area contributed by atoms with E-state index in [1.165, 1.54) is 30.6 Å². The van der Waals surface area contributed by atoms with Crippen molar-refractivity contribution in [2.45, 2.75) is 6.10 Å². The van der Waals surface area contributed by atoms with E-state index in [9.17, 15) is 9.90 Å². The molecule has 0 radical (unpaired) electrons. The highest BCUT2D eigenvalue weighted by atomic mass is 35.5. The highest BCUT2D eigenvalue weighted by Crippen LogP contribution is 2.33. The molecule has 0 saturated heterocycles. The minimum atomic E-state index is -0.971. The molecule has 1 N–H and O–H groups in total. The van der Waals surface area contributed by atoms with Crippen LogP contribution in [0.15, 0.2) is 28.0 Å². The zero-order valence-electron chi connectivity index (χ0n) is 8.84. The van der Waals surface area contributed by atoms with Crippen LogP contribution in [0.2, 0.25) is 5.02 Å². The van der Waals surface area contributed by atoms with Crippen LogP contribution in [0.3, 0.4) is 0 Å². The monoisotopic (exact) mass is 272 g/mol. The highest BCUT2D eigenvalue weighted by molar-refractivity contribution is 7.10. The predicted molar refractivity (Wildman–Crippen MR) is 63.4 cm³/mol. The van der Waals surface area contributed by atoms with Crippen molar-refractivity contribution in [1.82, 2.24) is 0 Å². The average Bonchev–Trinajstić information content (AvgIpc) is 2.95. The summed E-state index contributed by atoms with van der Waals surface area (Å²) < 4.78 is 9.71. The Bertz CT molecular complexity index is 531. The summed E-state index contributed by atoms with van der Waals surface area (Å²) in [4.78, 5) is 11.8. The molecule has 1 unspecified atom stereocenters. The number of furan rings is 1. The lowest BCUT2D eigenvalue weighted by Crippen LogP contribution is -1.99. The lowest BCUT2D eigenvalue weighted by Gasteiger charge is -2.05. The van der Waals surface area contributed by atoms with Crippen molar-refractivity contribution in [3.8, 4) is 0 Å². The Morgan fingerprint density at radius 1 is 1.53 bits per heavy atom. The van der Waals surface area contributed by atoms with E-state index in [1.807, 2.05) is 0 Å². The summed E-state index contributed by atoms with van der Waals surface area (Å²) in [5, 5.41) is 12.2. The summed E-state index contributed by atoms with van der Waals surface area (Å²) >= 11 is 7.22. The highest BCUT2D eigenvalue weighted by Gasteiger charge is 2.20. The van der Waals surface area contributed by atoms with Crippen molar-refractivity contribution in [3.63, 3.8) is 0 Å². The van der Waals surface area contributed by atoms with Gasteiger partial charge in [0.05, 0.1) is 17.0 Å². The largest absolute Gasteiger partial charge is 0.463 e. The molecule has 0 bridgehead atoms. The van der Waals surface area contributed by atoms with Gasteiger partial charge >= 0.3 is 5.97 Å². The Morgan fingerprint density at radius 2 is 2.29 bits per heavy atom. The number of esters is 1. The van der Waals surface area contributed by atoms with E-state index >= 15 is 0 Å². The Hall–Kier alpha value is -1.30. The topological polar surface area (TPSA) is 59.7 Å². The number of hydrogen-bond donors (Lipinski definition) is 1. The molecule has 1 atom stereocenters. The number of aliphatic hydroxyl groups is 1. The fourth-order valence-electron chi connectivity index (χ4n) is 1.34. The third kappa shape index (κ3) is 2.36. The Labute approximate surface area is 106 Å². The zero-order chi connectivity index (χ0) is 12.4. The smallest absolute Gasteiger partial charge is 0.373 e. The van der Waals surface area contributed by atoms with Crippen molar-refractivity contribution in [1.29, 1.82) is 0 Å². The summed E-state index contributed by atoms with van der Waals surface area (Å²) in [5.74, 6) is -0.273. The van der Waals surface area contributed by atoms with Gasteiger partial charge in [-0.25, -0.2) is 4.79 Å². The van der Waals surface area contributed by atoms with Crippen LogP contribution in [0, 0.1) is 0 Å². The van der Waals surface area contributed by atoms with E-state index in [0.29, 0.717) is 9.90 Å². The van der Waals surface area contributed by atoms with Gasteiger partial charge in [0.2, 0.25) is 5.76 Å². The standard InChI is InChI=1S/C11H9ClO4S/c1-15-11(14)8-3-2-7(16-8)9(13)10-6(12)4-5-17-10/h2-5,9,13H,1H3. The third-order valence-electron chi connectivity index (χ3n) is 2.18. The van der Waals surface area contributed by atoms with Crippen molar-refractivity contribution in [3.05, 3.63) is 45.0 Å². The number of carbonyl (C=O) groups is 1. The van der Waals surface area contributed by atoms with Gasteiger partial charge in [-0.05, 0) is 23.6 Å². The molecule has 2 aromatic heterocycles. The van der Waals surface area contributed by atoms with E-state index in [2.05, 4.69) is 4.74 Å². The van der Waals surface area contributed by atoms with Gasteiger partial charge in [0.25, 0.3) is 0 Å². The number of carbonyl (C=O) groups excluding carboxylic acids is 1. The molecule has 2 heterocycles. The second-order valence-electron chi connectivity index (χ2n) is 3.23. The van der Waals surface area contributed by atoms with Crippen molar-refractivity contribution in [2.24, 2.45) is 0 Å². The normalized spacial score (nSPS) is 12.4. The minimum absolute atomic E-state index is 0.0502. The number of thiophene rings is 1. The van der Waals surface area contributed by atoms with Gasteiger partial charge in [-0.3, -0.25) is 0 Å². The van der Waals surface area contributed by atoms with Crippen LogP contribution >= 0.6 is 22.9 Å². The van der Waals surface area contributed by atoms with Crippen LogP contribution in [-0.4, -0.2) is 18.2 Å². The molecule has 0 amide bonds. The number of rotatable bonds is 3. The first-order valence-corrected chi connectivity index (χ1v) is 5.98. The number of hydrogen-bond acceptors (Lipinski definition) is 5. The predicted octanol–water partition coefficient (Wildman–Crippen LogP) is 2.86. The van der Waals surface area contributed by atoms with Crippen molar-refractivity contribution in [2.75, 3.05) is 7.11 Å². The molecule has 4 nitrogen and oxygen atoms in total. The maximum absolute atomic E-state index is 11.2. The summed E-state index contributed by atoms with van der Waals surface area (Å²) in [7, 11) is 1.26. The fraction of sp³-hybridized carbons (Fsp3) is 0.182. The van der Waals surface area contributed by atoms with Crippen molar-refractivity contribution >= 4 is 28.9 Å². The van der Waals surface area contributed by atoms with Crippen LogP contribution in [0.4, 0.5) is 0 Å². The summed E-state index contributed by atoms with van der Waals surface area (Å²) in [5.41, 5.74) is 0. The molecule has 0 spiro atoms. The molecule has 0 aromatic carbocycles. The lowest BCUT2D eigenvalue weighted by molar-refractivity contribution is 0.0558. The quantitative estimate of drug-likeness (QED) is 0.873. The molecular weight excluding hydrogens is 264 g/mol. The first-order chi connectivity index (χ1) is 8.13. The molecule has 6 heteroatoms. The third-order valence-corrected chi connectivity index (χ3v) is 3.59. The molecule has 0 saturated carbocycles. The van der Waals surface area contributed by atoms with Gasteiger partial charge in [0.1, 0.15) is 11.9 Å².